The first-order valence-corrected chi connectivity index (χ1v) is 8.36. The second kappa shape index (κ2) is 8.05. The smallest absolute Gasteiger partial charge is 0.244 e. The minimum absolute atomic E-state index is 0.0379. The zero-order valence-corrected chi connectivity index (χ0v) is 14.8. The highest BCUT2D eigenvalue weighted by Gasteiger charge is 2.33. The fourth-order valence-corrected chi connectivity index (χ4v) is 3.02. The van der Waals surface area contributed by atoms with Gasteiger partial charge in [-0.3, -0.25) is 9.69 Å². The SMILES string of the molecule is CN(CC(C)(C)CN)C(=O)C(c1cccc(F)c1)N1CCOCC1. The van der Waals surface area contributed by atoms with Gasteiger partial charge in [-0.2, -0.15) is 0 Å². The van der Waals surface area contributed by atoms with E-state index >= 15 is 0 Å². The van der Waals surface area contributed by atoms with Crippen LogP contribution in [0.5, 0.6) is 0 Å². The first kappa shape index (κ1) is 18.8. The van der Waals surface area contributed by atoms with E-state index in [4.69, 9.17) is 10.5 Å². The molecule has 0 aromatic heterocycles. The Morgan fingerprint density at radius 2 is 2.08 bits per heavy atom. The Balaban J connectivity index is 2.26. The number of amides is 1. The topological polar surface area (TPSA) is 58.8 Å². The van der Waals surface area contributed by atoms with Crippen LogP contribution in [0.2, 0.25) is 0 Å². The number of hydrogen-bond acceptors (Lipinski definition) is 4. The summed E-state index contributed by atoms with van der Waals surface area (Å²) in [5, 5.41) is 0. The Labute approximate surface area is 143 Å². The highest BCUT2D eigenvalue weighted by atomic mass is 19.1. The fraction of sp³-hybridized carbons (Fsp3) is 0.611. The molecule has 0 radical (unpaired) electrons. The van der Waals surface area contributed by atoms with Crippen molar-refractivity contribution in [2.75, 3.05) is 46.4 Å². The molecule has 1 amide bonds. The van der Waals surface area contributed by atoms with Crippen molar-refractivity contribution in [3.05, 3.63) is 35.6 Å². The van der Waals surface area contributed by atoms with E-state index in [-0.39, 0.29) is 17.1 Å². The van der Waals surface area contributed by atoms with Gasteiger partial charge in [0.15, 0.2) is 0 Å². The van der Waals surface area contributed by atoms with Crippen LogP contribution in [-0.2, 0) is 9.53 Å². The fourth-order valence-electron chi connectivity index (χ4n) is 3.02. The van der Waals surface area contributed by atoms with Gasteiger partial charge in [-0.25, -0.2) is 4.39 Å². The van der Waals surface area contributed by atoms with Crippen LogP contribution in [0.4, 0.5) is 4.39 Å². The number of rotatable bonds is 6. The number of hydrogen-bond donors (Lipinski definition) is 1. The van der Waals surface area contributed by atoms with Crippen LogP contribution >= 0.6 is 0 Å². The lowest BCUT2D eigenvalue weighted by molar-refractivity contribution is -0.139. The molecule has 5 nitrogen and oxygen atoms in total. The minimum atomic E-state index is -0.497. The van der Waals surface area contributed by atoms with E-state index < -0.39 is 6.04 Å². The molecule has 0 bridgehead atoms. The van der Waals surface area contributed by atoms with Gasteiger partial charge in [0.2, 0.25) is 5.91 Å². The zero-order valence-electron chi connectivity index (χ0n) is 14.8. The summed E-state index contributed by atoms with van der Waals surface area (Å²) in [5.41, 5.74) is 6.31. The second-order valence-corrected chi connectivity index (χ2v) is 7.17. The van der Waals surface area contributed by atoms with E-state index in [2.05, 4.69) is 4.90 Å². The third kappa shape index (κ3) is 4.75. The average molecular weight is 337 g/mol. The molecule has 24 heavy (non-hydrogen) atoms. The molecule has 1 aliphatic rings. The molecule has 134 valence electrons. The largest absolute Gasteiger partial charge is 0.379 e. The lowest BCUT2D eigenvalue weighted by Gasteiger charge is -2.37. The number of carbonyl (C=O) groups excluding carboxylic acids is 1. The van der Waals surface area contributed by atoms with E-state index in [1.54, 1.807) is 18.0 Å². The number of morpholine rings is 1. The number of ether oxygens (including phenoxy) is 1. The predicted octanol–water partition coefficient (Wildman–Crippen LogP) is 1.64. The highest BCUT2D eigenvalue weighted by molar-refractivity contribution is 5.83. The van der Waals surface area contributed by atoms with Crippen molar-refractivity contribution in [2.45, 2.75) is 19.9 Å². The van der Waals surface area contributed by atoms with Gasteiger partial charge in [-0.1, -0.05) is 26.0 Å². The van der Waals surface area contributed by atoms with Crippen LogP contribution < -0.4 is 5.73 Å². The summed E-state index contributed by atoms with van der Waals surface area (Å²) in [6.45, 7) is 7.58. The average Bonchev–Trinajstić information content (AvgIpc) is 2.55. The Morgan fingerprint density at radius 3 is 2.67 bits per heavy atom. The Morgan fingerprint density at radius 1 is 1.42 bits per heavy atom. The molecular weight excluding hydrogens is 309 g/mol. The highest BCUT2D eigenvalue weighted by Crippen LogP contribution is 2.26. The van der Waals surface area contributed by atoms with Gasteiger partial charge >= 0.3 is 0 Å². The summed E-state index contributed by atoms with van der Waals surface area (Å²) in [5.74, 6) is -0.368. The summed E-state index contributed by atoms with van der Waals surface area (Å²) in [6.07, 6.45) is 0. The summed E-state index contributed by atoms with van der Waals surface area (Å²) in [4.78, 5) is 16.9. The standard InChI is InChI=1S/C18H28FN3O2/c1-18(2,12-20)13-21(3)17(23)16(22-7-9-24-10-8-22)14-5-4-6-15(19)11-14/h4-6,11,16H,7-10,12-13,20H2,1-3H3. The molecule has 1 aliphatic heterocycles. The van der Waals surface area contributed by atoms with Crippen LogP contribution in [0.25, 0.3) is 0 Å². The van der Waals surface area contributed by atoms with Crippen LogP contribution in [0.3, 0.4) is 0 Å². The van der Waals surface area contributed by atoms with Crippen LogP contribution in [0.15, 0.2) is 24.3 Å². The van der Waals surface area contributed by atoms with Crippen molar-refractivity contribution >= 4 is 5.91 Å². The Hall–Kier alpha value is -1.50. The molecule has 1 heterocycles. The van der Waals surface area contributed by atoms with E-state index in [1.807, 2.05) is 19.9 Å². The molecule has 1 saturated heterocycles. The van der Waals surface area contributed by atoms with Crippen molar-refractivity contribution in [1.82, 2.24) is 9.80 Å². The zero-order chi connectivity index (χ0) is 17.7. The van der Waals surface area contributed by atoms with Gasteiger partial charge in [0.25, 0.3) is 0 Å². The van der Waals surface area contributed by atoms with E-state index in [1.165, 1.54) is 12.1 Å². The van der Waals surface area contributed by atoms with E-state index in [0.29, 0.717) is 45.0 Å². The molecule has 0 aliphatic carbocycles. The lowest BCUT2D eigenvalue weighted by atomic mass is 9.92. The molecule has 1 unspecified atom stereocenters. The molecular formula is C18H28FN3O2. The molecule has 1 fully saturated rings. The van der Waals surface area contributed by atoms with Gasteiger partial charge in [0.1, 0.15) is 11.9 Å². The van der Waals surface area contributed by atoms with Gasteiger partial charge < -0.3 is 15.4 Å². The number of nitrogens with zero attached hydrogens (tertiary/aromatic N) is 2. The first-order valence-electron chi connectivity index (χ1n) is 8.36. The van der Waals surface area contributed by atoms with Crippen molar-refractivity contribution in [1.29, 1.82) is 0 Å². The number of halogens is 1. The monoisotopic (exact) mass is 337 g/mol. The third-order valence-electron chi connectivity index (χ3n) is 4.40. The summed E-state index contributed by atoms with van der Waals surface area (Å²) in [7, 11) is 1.78. The van der Waals surface area contributed by atoms with Crippen molar-refractivity contribution in [3.63, 3.8) is 0 Å². The lowest BCUT2D eigenvalue weighted by Crippen LogP contribution is -2.48. The van der Waals surface area contributed by atoms with Crippen molar-refractivity contribution in [2.24, 2.45) is 11.1 Å². The van der Waals surface area contributed by atoms with Crippen LogP contribution in [0.1, 0.15) is 25.5 Å². The summed E-state index contributed by atoms with van der Waals surface area (Å²) in [6, 6.07) is 5.80. The molecule has 6 heteroatoms. The molecule has 1 atom stereocenters. The Bertz CT molecular complexity index is 559. The molecule has 0 saturated carbocycles. The maximum absolute atomic E-state index is 13.7. The summed E-state index contributed by atoms with van der Waals surface area (Å²) >= 11 is 0. The number of likely N-dealkylation sites (N-methyl/N-ethyl adjacent to an activating group) is 1. The number of nitrogens with two attached hydrogens (primary N) is 1. The number of carbonyl (C=O) groups is 1. The maximum atomic E-state index is 13.7. The molecule has 1 aromatic rings. The van der Waals surface area contributed by atoms with Crippen LogP contribution in [0, 0.1) is 11.2 Å². The predicted molar refractivity (Wildman–Crippen MR) is 92.0 cm³/mol. The quantitative estimate of drug-likeness (QED) is 0.857. The minimum Gasteiger partial charge on any atom is -0.379 e. The second-order valence-electron chi connectivity index (χ2n) is 7.17. The first-order chi connectivity index (χ1) is 11.3. The summed E-state index contributed by atoms with van der Waals surface area (Å²) < 4.78 is 19.1. The number of benzene rings is 1. The molecule has 2 rings (SSSR count). The molecule has 1 aromatic carbocycles. The van der Waals surface area contributed by atoms with Crippen LogP contribution in [-0.4, -0.2) is 62.1 Å². The van der Waals surface area contributed by atoms with Gasteiger partial charge in [0, 0.05) is 26.7 Å². The van der Waals surface area contributed by atoms with Crippen molar-refractivity contribution in [3.8, 4) is 0 Å². The Kier molecular flexibility index (Phi) is 6.32. The maximum Gasteiger partial charge on any atom is 0.244 e. The van der Waals surface area contributed by atoms with E-state index in [9.17, 15) is 9.18 Å². The molecule has 2 N–H and O–H groups in total. The third-order valence-corrected chi connectivity index (χ3v) is 4.40. The van der Waals surface area contributed by atoms with Gasteiger partial charge in [0.05, 0.1) is 13.2 Å². The van der Waals surface area contributed by atoms with E-state index in [0.717, 1.165) is 0 Å². The van der Waals surface area contributed by atoms with Crippen molar-refractivity contribution < 1.29 is 13.9 Å². The van der Waals surface area contributed by atoms with Gasteiger partial charge in [-0.15, -0.1) is 0 Å². The van der Waals surface area contributed by atoms with Gasteiger partial charge in [-0.05, 0) is 29.7 Å². The normalized spacial score (nSPS) is 17.5. The molecule has 0 spiro atoms.